The van der Waals surface area contributed by atoms with Gasteiger partial charge in [-0.2, -0.15) is 0 Å². The lowest BCUT2D eigenvalue weighted by molar-refractivity contribution is -0.137. The van der Waals surface area contributed by atoms with E-state index in [4.69, 9.17) is 5.11 Å². The van der Waals surface area contributed by atoms with Crippen LogP contribution in [0.25, 0.3) is 0 Å². The quantitative estimate of drug-likeness (QED) is 0.737. The molecule has 0 aromatic heterocycles. The number of urea groups is 1. The van der Waals surface area contributed by atoms with Gasteiger partial charge in [-0.05, 0) is 24.8 Å². The first-order chi connectivity index (χ1) is 10.5. The topological polar surface area (TPSA) is 69.6 Å². The van der Waals surface area contributed by atoms with Gasteiger partial charge in [0.25, 0.3) is 0 Å². The number of carboxylic acid groups (broad SMARTS) is 1. The molecule has 0 aliphatic carbocycles. The largest absolute Gasteiger partial charge is 0.481 e. The number of hydrogen-bond acceptors (Lipinski definition) is 2. The van der Waals surface area contributed by atoms with Crippen LogP contribution in [0, 0.1) is 0 Å². The van der Waals surface area contributed by atoms with Gasteiger partial charge in [-0.15, -0.1) is 0 Å². The third-order valence-electron chi connectivity index (χ3n) is 3.60. The minimum absolute atomic E-state index is 0.0353. The van der Waals surface area contributed by atoms with E-state index in [-0.39, 0.29) is 25.0 Å². The Kier molecular flexibility index (Phi) is 8.04. The fourth-order valence-corrected chi connectivity index (χ4v) is 2.27. The maximum Gasteiger partial charge on any atom is 0.317 e. The molecule has 122 valence electrons. The summed E-state index contributed by atoms with van der Waals surface area (Å²) in [6.07, 6.45) is 3.69. The van der Waals surface area contributed by atoms with Crippen LogP contribution < -0.4 is 5.32 Å². The molecule has 5 heteroatoms. The molecule has 2 N–H and O–H groups in total. The Hall–Kier alpha value is -2.04. The van der Waals surface area contributed by atoms with Crippen molar-refractivity contribution in [2.24, 2.45) is 0 Å². The van der Waals surface area contributed by atoms with Crippen LogP contribution in [0.1, 0.15) is 38.2 Å². The van der Waals surface area contributed by atoms with Gasteiger partial charge in [0.1, 0.15) is 0 Å². The van der Waals surface area contributed by atoms with Gasteiger partial charge in [0, 0.05) is 19.6 Å². The second-order valence-electron chi connectivity index (χ2n) is 5.52. The zero-order valence-electron chi connectivity index (χ0n) is 13.4. The molecule has 1 atom stereocenters. The molecule has 0 saturated heterocycles. The fraction of sp³-hybridized carbons (Fsp3) is 0.529. The van der Waals surface area contributed by atoms with Crippen LogP contribution in [-0.2, 0) is 11.2 Å². The highest BCUT2D eigenvalue weighted by Crippen LogP contribution is 2.09. The summed E-state index contributed by atoms with van der Waals surface area (Å²) in [7, 11) is 1.62. The lowest BCUT2D eigenvalue weighted by Gasteiger charge is -2.23. The van der Waals surface area contributed by atoms with Gasteiger partial charge in [0.15, 0.2) is 0 Å². The van der Waals surface area contributed by atoms with E-state index >= 15 is 0 Å². The number of nitrogens with one attached hydrogen (secondary N) is 1. The van der Waals surface area contributed by atoms with E-state index in [1.165, 1.54) is 10.5 Å². The first-order valence-corrected chi connectivity index (χ1v) is 7.80. The van der Waals surface area contributed by atoms with Crippen molar-refractivity contribution < 1.29 is 14.7 Å². The molecular formula is C17H26N2O3. The van der Waals surface area contributed by atoms with Crippen molar-refractivity contribution in [1.82, 2.24) is 10.2 Å². The molecule has 0 bridgehead atoms. The summed E-state index contributed by atoms with van der Waals surface area (Å²) in [5, 5.41) is 11.7. The number of aryl methyl sites for hydroxylation is 1. The molecule has 0 fully saturated rings. The van der Waals surface area contributed by atoms with Crippen molar-refractivity contribution in [1.29, 1.82) is 0 Å². The summed E-state index contributed by atoms with van der Waals surface area (Å²) >= 11 is 0. The van der Waals surface area contributed by atoms with Crippen LogP contribution >= 0.6 is 0 Å². The van der Waals surface area contributed by atoms with Gasteiger partial charge in [-0.25, -0.2) is 4.79 Å². The van der Waals surface area contributed by atoms with E-state index in [0.29, 0.717) is 0 Å². The number of carbonyl (C=O) groups is 2. The lowest BCUT2D eigenvalue weighted by atomic mass is 10.0. The maximum absolute atomic E-state index is 12.1. The highest BCUT2D eigenvalue weighted by atomic mass is 16.4. The second kappa shape index (κ2) is 9.82. The first-order valence-electron chi connectivity index (χ1n) is 7.80. The molecule has 1 aromatic carbocycles. The summed E-state index contributed by atoms with van der Waals surface area (Å²) in [5.74, 6) is -0.895. The van der Waals surface area contributed by atoms with E-state index in [1.807, 2.05) is 18.2 Å². The standard InChI is InChI=1S/C17H26N2O3/c1-3-7-15(11-10-14-8-5-4-6-9-14)18-17(22)19(2)13-12-16(20)21/h4-6,8-9,15H,3,7,10-13H2,1-2H3,(H,18,22)(H,20,21). The maximum atomic E-state index is 12.1. The molecule has 0 aliphatic heterocycles. The molecule has 0 heterocycles. The molecule has 1 rings (SSSR count). The molecule has 0 radical (unpaired) electrons. The summed E-state index contributed by atoms with van der Waals surface area (Å²) in [6.45, 7) is 2.31. The van der Waals surface area contributed by atoms with E-state index in [0.717, 1.165) is 25.7 Å². The van der Waals surface area contributed by atoms with Gasteiger partial charge in [-0.3, -0.25) is 4.79 Å². The Labute approximate surface area is 132 Å². The molecule has 0 spiro atoms. The van der Waals surface area contributed by atoms with Crippen molar-refractivity contribution in [2.75, 3.05) is 13.6 Å². The molecule has 0 saturated carbocycles. The normalized spacial score (nSPS) is 11.7. The minimum atomic E-state index is -0.895. The average molecular weight is 306 g/mol. The summed E-state index contributed by atoms with van der Waals surface area (Å²) < 4.78 is 0. The Morgan fingerprint density at radius 1 is 1.23 bits per heavy atom. The Morgan fingerprint density at radius 2 is 1.91 bits per heavy atom. The zero-order valence-corrected chi connectivity index (χ0v) is 13.4. The first kappa shape index (κ1) is 18.0. The lowest BCUT2D eigenvalue weighted by Crippen LogP contribution is -2.43. The van der Waals surface area contributed by atoms with Crippen molar-refractivity contribution in [2.45, 2.75) is 45.1 Å². The van der Waals surface area contributed by atoms with Crippen LogP contribution in [-0.4, -0.2) is 41.6 Å². The monoisotopic (exact) mass is 306 g/mol. The molecular weight excluding hydrogens is 280 g/mol. The Morgan fingerprint density at radius 3 is 2.50 bits per heavy atom. The Balaban J connectivity index is 2.45. The van der Waals surface area contributed by atoms with Crippen molar-refractivity contribution in [3.63, 3.8) is 0 Å². The van der Waals surface area contributed by atoms with Crippen molar-refractivity contribution >= 4 is 12.0 Å². The Bertz CT molecular complexity index is 462. The number of aliphatic carboxylic acids is 1. The molecule has 1 aromatic rings. The number of benzene rings is 1. The summed E-state index contributed by atoms with van der Waals surface area (Å²) in [5.41, 5.74) is 1.26. The third-order valence-corrected chi connectivity index (χ3v) is 3.60. The van der Waals surface area contributed by atoms with E-state index < -0.39 is 5.97 Å². The second-order valence-corrected chi connectivity index (χ2v) is 5.52. The smallest absolute Gasteiger partial charge is 0.317 e. The molecule has 22 heavy (non-hydrogen) atoms. The SMILES string of the molecule is CCCC(CCc1ccccc1)NC(=O)N(C)CCC(=O)O. The third kappa shape index (κ3) is 7.11. The molecule has 1 unspecified atom stereocenters. The number of carboxylic acids is 1. The number of hydrogen-bond donors (Lipinski definition) is 2. The molecule has 5 nitrogen and oxygen atoms in total. The van der Waals surface area contributed by atoms with Gasteiger partial charge < -0.3 is 15.3 Å². The summed E-state index contributed by atoms with van der Waals surface area (Å²) in [4.78, 5) is 24.1. The van der Waals surface area contributed by atoms with E-state index in [1.54, 1.807) is 7.05 Å². The highest BCUT2D eigenvalue weighted by molar-refractivity contribution is 5.75. The number of carbonyl (C=O) groups excluding carboxylic acids is 1. The van der Waals surface area contributed by atoms with Crippen LogP contribution in [0.15, 0.2) is 30.3 Å². The number of nitrogens with zero attached hydrogens (tertiary/aromatic N) is 1. The average Bonchev–Trinajstić information content (AvgIpc) is 2.51. The molecule has 2 amide bonds. The van der Waals surface area contributed by atoms with E-state index in [9.17, 15) is 9.59 Å². The highest BCUT2D eigenvalue weighted by Gasteiger charge is 2.15. The van der Waals surface area contributed by atoms with Crippen LogP contribution in [0.5, 0.6) is 0 Å². The fourth-order valence-electron chi connectivity index (χ4n) is 2.27. The van der Waals surface area contributed by atoms with Crippen LogP contribution in [0.4, 0.5) is 4.79 Å². The van der Waals surface area contributed by atoms with Crippen molar-refractivity contribution in [3.8, 4) is 0 Å². The van der Waals surface area contributed by atoms with Gasteiger partial charge in [0.05, 0.1) is 6.42 Å². The van der Waals surface area contributed by atoms with Crippen LogP contribution in [0.2, 0.25) is 0 Å². The van der Waals surface area contributed by atoms with E-state index in [2.05, 4.69) is 24.4 Å². The predicted molar refractivity (Wildman–Crippen MR) is 86.9 cm³/mol. The molecule has 0 aliphatic rings. The number of rotatable bonds is 9. The zero-order chi connectivity index (χ0) is 16.4. The predicted octanol–water partition coefficient (Wildman–Crippen LogP) is 2.90. The summed E-state index contributed by atoms with van der Waals surface area (Å²) in [6, 6.07) is 10.1. The van der Waals surface area contributed by atoms with Crippen LogP contribution in [0.3, 0.4) is 0 Å². The van der Waals surface area contributed by atoms with Gasteiger partial charge in [0.2, 0.25) is 0 Å². The van der Waals surface area contributed by atoms with Gasteiger partial charge in [-0.1, -0.05) is 43.7 Å². The number of amides is 2. The van der Waals surface area contributed by atoms with Crippen molar-refractivity contribution in [3.05, 3.63) is 35.9 Å². The minimum Gasteiger partial charge on any atom is -0.481 e. The van der Waals surface area contributed by atoms with Gasteiger partial charge >= 0.3 is 12.0 Å².